The number of carbonyl (C=O) groups is 2. The van der Waals surface area contributed by atoms with Crippen molar-refractivity contribution in [1.29, 1.82) is 0 Å². The van der Waals surface area contributed by atoms with Crippen LogP contribution < -0.4 is 0 Å². The van der Waals surface area contributed by atoms with Crippen molar-refractivity contribution in [3.8, 4) is 11.5 Å². The first-order valence-electron chi connectivity index (χ1n) is 7.52. The van der Waals surface area contributed by atoms with E-state index >= 15 is 0 Å². The van der Waals surface area contributed by atoms with Crippen molar-refractivity contribution in [2.24, 2.45) is 9.98 Å². The summed E-state index contributed by atoms with van der Waals surface area (Å²) in [7, 11) is 0. The van der Waals surface area contributed by atoms with E-state index in [2.05, 4.69) is 9.98 Å². The van der Waals surface area contributed by atoms with Crippen molar-refractivity contribution in [3.63, 3.8) is 0 Å². The van der Waals surface area contributed by atoms with Crippen LogP contribution in [0.2, 0.25) is 0 Å². The Kier molecular flexibility index (Phi) is 16.1. The Hall–Kier alpha value is -2.77. The Balaban J connectivity index is -0.00000182. The number of hydrogen-bond donors (Lipinski definition) is 4. The minimum absolute atomic E-state index is 0. The molecule has 10 nitrogen and oxygen atoms in total. The third kappa shape index (κ3) is 8.30. The monoisotopic (exact) mass is 508 g/mol. The molecule has 0 unspecified atom stereocenters. The summed E-state index contributed by atoms with van der Waals surface area (Å²) in [6.07, 6.45) is 2.69. The molecule has 0 spiro atoms. The number of phenols is 2. The summed E-state index contributed by atoms with van der Waals surface area (Å²) in [6, 6.07) is 8.64. The van der Waals surface area contributed by atoms with Crippen LogP contribution in [0.25, 0.3) is 0 Å². The molecule has 12 heteroatoms. The number of carboxylic acids is 2. The van der Waals surface area contributed by atoms with Crippen LogP contribution in [0.1, 0.15) is 31.8 Å². The van der Waals surface area contributed by atoms with Crippen molar-refractivity contribution in [2.75, 3.05) is 13.1 Å². The Morgan fingerprint density at radius 2 is 1.07 bits per heavy atom. The topological polar surface area (TPSA) is 203 Å². The van der Waals surface area contributed by atoms with E-state index in [4.69, 9.17) is 10.2 Å². The molecule has 8 N–H and O–H groups in total. The molecule has 0 saturated carbocycles. The second-order valence-electron chi connectivity index (χ2n) is 5.17. The average Bonchev–Trinajstić information content (AvgIpc) is 2.60. The number of aliphatic imine (C=N–C) groups is 2. The molecule has 0 aliphatic heterocycles. The summed E-state index contributed by atoms with van der Waals surface area (Å²) in [5.74, 6) is -3.18. The summed E-state index contributed by atoms with van der Waals surface area (Å²) >= 11 is 0. The first-order valence-corrected chi connectivity index (χ1v) is 7.52. The van der Waals surface area contributed by atoms with Crippen molar-refractivity contribution < 1.29 is 74.0 Å². The average molecular weight is 510 g/mol. The second kappa shape index (κ2) is 15.1. The van der Waals surface area contributed by atoms with Gasteiger partial charge in [0, 0.05) is 56.5 Å². The maximum Gasteiger partial charge on any atom is 0.339 e. The largest absolute Gasteiger partial charge is 0.506 e. The van der Waals surface area contributed by atoms with Gasteiger partial charge in [0.1, 0.15) is 22.6 Å². The molecule has 0 aliphatic carbocycles. The standard InChI is InChI=1S/C18H16N2O6.2Ni.2H2O/c21-15-11(3-1-5-13(15)17(23)24)9-19-7-8-20-10-12-4-2-6-14(16(12)22)18(25)26;;;;/h1-6,9-10,21-22H,7-8H2,(H,23,24)(H,25,26);;;2*1H2. The predicted molar refractivity (Wildman–Crippen MR) is 102 cm³/mol. The zero-order valence-electron chi connectivity index (χ0n) is 15.2. The van der Waals surface area contributed by atoms with Crippen molar-refractivity contribution in [2.45, 2.75) is 0 Å². The van der Waals surface area contributed by atoms with E-state index in [0.717, 1.165) is 0 Å². The third-order valence-electron chi connectivity index (χ3n) is 3.41. The van der Waals surface area contributed by atoms with Gasteiger partial charge in [0.2, 0.25) is 0 Å². The van der Waals surface area contributed by atoms with E-state index in [1.54, 1.807) is 0 Å². The van der Waals surface area contributed by atoms with Gasteiger partial charge in [0.15, 0.2) is 0 Å². The fourth-order valence-corrected chi connectivity index (χ4v) is 2.12. The fraction of sp³-hybridized carbons (Fsp3) is 0.111. The SMILES string of the molecule is O.O.O=C(O)c1cccc(C=NCCN=Cc2cccc(C(=O)O)c2O)c1O.[Ni].[Ni]. The number of carboxylic acid groups (broad SMARTS) is 2. The van der Waals surface area contributed by atoms with E-state index in [1.165, 1.54) is 48.8 Å². The molecular formula is C18H20N2Ni2O8. The molecule has 2 rings (SSSR count). The molecule has 0 aliphatic rings. The van der Waals surface area contributed by atoms with Gasteiger partial charge >= 0.3 is 11.9 Å². The normalized spacial score (nSPS) is 9.73. The zero-order valence-corrected chi connectivity index (χ0v) is 17.1. The summed E-state index contributed by atoms with van der Waals surface area (Å²) in [4.78, 5) is 30.0. The van der Waals surface area contributed by atoms with Crippen molar-refractivity contribution in [1.82, 2.24) is 0 Å². The molecule has 170 valence electrons. The molecule has 0 atom stereocenters. The summed E-state index contributed by atoms with van der Waals surface area (Å²) in [6.45, 7) is 0.513. The molecule has 0 amide bonds. The van der Waals surface area contributed by atoms with Crippen LogP contribution in [0, 0.1) is 0 Å². The van der Waals surface area contributed by atoms with Crippen LogP contribution in [-0.2, 0) is 33.0 Å². The minimum Gasteiger partial charge on any atom is -0.506 e. The van der Waals surface area contributed by atoms with Gasteiger partial charge < -0.3 is 31.4 Å². The van der Waals surface area contributed by atoms with Crippen LogP contribution in [0.4, 0.5) is 0 Å². The Bertz CT molecular complexity index is 830. The molecule has 0 bridgehead atoms. The fourth-order valence-electron chi connectivity index (χ4n) is 2.12. The van der Waals surface area contributed by atoms with Gasteiger partial charge in [0.25, 0.3) is 0 Å². The first-order chi connectivity index (χ1) is 12.4. The summed E-state index contributed by atoms with van der Waals surface area (Å²) < 4.78 is 0. The molecule has 30 heavy (non-hydrogen) atoms. The second-order valence-corrected chi connectivity index (χ2v) is 5.17. The molecular weight excluding hydrogens is 490 g/mol. The summed E-state index contributed by atoms with van der Waals surface area (Å²) in [5, 5.41) is 37.5. The van der Waals surface area contributed by atoms with Crippen molar-refractivity contribution >= 4 is 24.4 Å². The third-order valence-corrected chi connectivity index (χ3v) is 3.41. The molecule has 0 saturated heterocycles. The zero-order chi connectivity index (χ0) is 19.1. The van der Waals surface area contributed by atoms with Gasteiger partial charge in [-0.1, -0.05) is 12.1 Å². The van der Waals surface area contributed by atoms with E-state index < -0.39 is 11.9 Å². The Morgan fingerprint density at radius 1 is 0.733 bits per heavy atom. The van der Waals surface area contributed by atoms with E-state index in [0.29, 0.717) is 0 Å². The maximum atomic E-state index is 10.9. The van der Waals surface area contributed by atoms with Gasteiger partial charge in [-0.2, -0.15) is 0 Å². The number of rotatable bonds is 7. The van der Waals surface area contributed by atoms with Crippen molar-refractivity contribution in [3.05, 3.63) is 58.7 Å². The van der Waals surface area contributed by atoms with Crippen LogP contribution >= 0.6 is 0 Å². The Labute approximate surface area is 191 Å². The van der Waals surface area contributed by atoms with Gasteiger partial charge in [-0.05, 0) is 24.3 Å². The van der Waals surface area contributed by atoms with Crippen LogP contribution in [-0.4, -0.2) is 68.8 Å². The molecule has 0 aromatic heterocycles. The number of nitrogens with zero attached hydrogens (tertiary/aromatic N) is 2. The molecule has 0 fully saturated rings. The van der Waals surface area contributed by atoms with Gasteiger partial charge in [-0.25, -0.2) is 9.59 Å². The number of aromatic hydroxyl groups is 2. The van der Waals surface area contributed by atoms with Gasteiger partial charge in [-0.15, -0.1) is 0 Å². The quantitative estimate of drug-likeness (QED) is 0.236. The minimum atomic E-state index is -1.23. The number of hydrogen-bond acceptors (Lipinski definition) is 6. The first kappa shape index (κ1) is 31.9. The van der Waals surface area contributed by atoms with Crippen LogP contribution in [0.5, 0.6) is 11.5 Å². The van der Waals surface area contributed by atoms with Crippen LogP contribution in [0.15, 0.2) is 46.4 Å². The van der Waals surface area contributed by atoms with E-state index in [1.807, 2.05) is 0 Å². The van der Waals surface area contributed by atoms with E-state index in [9.17, 15) is 19.8 Å². The molecule has 0 radical (unpaired) electrons. The number of para-hydroxylation sites is 2. The maximum absolute atomic E-state index is 10.9. The molecule has 2 aromatic carbocycles. The molecule has 2 aromatic rings. The van der Waals surface area contributed by atoms with Gasteiger partial charge in [-0.3, -0.25) is 9.98 Å². The van der Waals surface area contributed by atoms with Gasteiger partial charge in [0.05, 0.1) is 13.1 Å². The number of aromatic carboxylic acids is 2. The Morgan fingerprint density at radius 3 is 1.37 bits per heavy atom. The van der Waals surface area contributed by atoms with Crippen LogP contribution in [0.3, 0.4) is 0 Å². The number of benzene rings is 2. The smallest absolute Gasteiger partial charge is 0.339 e. The molecule has 0 heterocycles. The van der Waals surface area contributed by atoms with E-state index in [-0.39, 0.29) is 90.8 Å². The predicted octanol–water partition coefficient (Wildman–Crippen LogP) is 0.378. The summed E-state index contributed by atoms with van der Waals surface area (Å²) in [5.41, 5.74) is 0.142.